The van der Waals surface area contributed by atoms with Crippen molar-refractivity contribution >= 4 is 11.6 Å². The van der Waals surface area contributed by atoms with Gasteiger partial charge in [-0.25, -0.2) is 4.98 Å². The zero-order valence-electron chi connectivity index (χ0n) is 8.97. The van der Waals surface area contributed by atoms with Gasteiger partial charge in [-0.2, -0.15) is 9.61 Å². The second-order valence-corrected chi connectivity index (χ2v) is 3.35. The van der Waals surface area contributed by atoms with Crippen molar-refractivity contribution in [1.29, 1.82) is 0 Å². The number of carbonyl (C=O) groups excluding carboxylic acids is 1. The van der Waals surface area contributed by atoms with Gasteiger partial charge in [-0.1, -0.05) is 0 Å². The van der Waals surface area contributed by atoms with Gasteiger partial charge in [0.15, 0.2) is 5.65 Å². The largest absolute Gasteiger partial charge is 0.493 e. The number of fused-ring (bicyclic) bond motifs is 1. The lowest BCUT2D eigenvalue weighted by atomic mass is 10.1. The number of hydrogen-bond acceptors (Lipinski definition) is 5. The van der Waals surface area contributed by atoms with Gasteiger partial charge in [-0.3, -0.25) is 4.79 Å². The van der Waals surface area contributed by atoms with Crippen LogP contribution in [0.15, 0.2) is 12.3 Å². The van der Waals surface area contributed by atoms with Crippen molar-refractivity contribution in [2.45, 2.75) is 13.3 Å². The highest BCUT2D eigenvalue weighted by molar-refractivity contribution is 5.73. The number of hydrogen-bond donors (Lipinski definition) is 1. The smallest absolute Gasteiger partial charge is 0.310 e. The van der Waals surface area contributed by atoms with Crippen LogP contribution in [0.25, 0.3) is 5.65 Å². The molecule has 0 fully saturated rings. The Kier molecular flexibility index (Phi) is 2.47. The summed E-state index contributed by atoms with van der Waals surface area (Å²) in [5.41, 5.74) is 1.57. The molecule has 0 saturated heterocycles. The topological polar surface area (TPSA) is 76.7 Å². The first kappa shape index (κ1) is 10.4. The Balaban J connectivity index is 2.55. The lowest BCUT2D eigenvalue weighted by Gasteiger charge is -2.07. The number of aryl methyl sites for hydroxylation is 1. The first-order valence-electron chi connectivity index (χ1n) is 4.72. The molecule has 1 N–H and O–H groups in total. The van der Waals surface area contributed by atoms with Gasteiger partial charge in [0.2, 0.25) is 5.88 Å². The molecule has 0 radical (unpaired) electrons. The van der Waals surface area contributed by atoms with Gasteiger partial charge in [0, 0.05) is 17.3 Å². The minimum atomic E-state index is -0.424. The lowest BCUT2D eigenvalue weighted by molar-refractivity contribution is -0.139. The van der Waals surface area contributed by atoms with Gasteiger partial charge in [-0.05, 0) is 6.92 Å². The molecule has 6 heteroatoms. The van der Waals surface area contributed by atoms with E-state index in [0.717, 1.165) is 0 Å². The maximum absolute atomic E-state index is 11.2. The summed E-state index contributed by atoms with van der Waals surface area (Å²) in [6.07, 6.45) is 1.51. The van der Waals surface area contributed by atoms with Crippen LogP contribution in [0, 0.1) is 6.92 Å². The van der Waals surface area contributed by atoms with E-state index in [4.69, 9.17) is 0 Å². The zero-order valence-corrected chi connectivity index (χ0v) is 8.97. The molecule has 0 bridgehead atoms. The zero-order chi connectivity index (χ0) is 11.7. The van der Waals surface area contributed by atoms with Crippen LogP contribution in [0.2, 0.25) is 0 Å². The van der Waals surface area contributed by atoms with Gasteiger partial charge >= 0.3 is 5.97 Å². The molecule has 16 heavy (non-hydrogen) atoms. The molecule has 0 saturated carbocycles. The maximum Gasteiger partial charge on any atom is 0.310 e. The number of aromatic nitrogens is 3. The number of methoxy groups -OCH3 is 1. The number of nitrogens with zero attached hydrogens (tertiary/aromatic N) is 3. The van der Waals surface area contributed by atoms with E-state index >= 15 is 0 Å². The van der Waals surface area contributed by atoms with E-state index in [1.54, 1.807) is 13.0 Å². The Labute approximate surface area is 91.5 Å². The first-order valence-corrected chi connectivity index (χ1v) is 4.72. The summed E-state index contributed by atoms with van der Waals surface area (Å²) in [6, 6.07) is 1.68. The third kappa shape index (κ3) is 1.58. The van der Waals surface area contributed by atoms with E-state index in [0.29, 0.717) is 16.9 Å². The van der Waals surface area contributed by atoms with Crippen LogP contribution in [-0.2, 0) is 16.0 Å². The lowest BCUT2D eigenvalue weighted by Crippen LogP contribution is -2.09. The Morgan fingerprint density at radius 1 is 1.62 bits per heavy atom. The van der Waals surface area contributed by atoms with Crippen LogP contribution in [0.3, 0.4) is 0 Å². The summed E-state index contributed by atoms with van der Waals surface area (Å²) in [6.45, 7) is 1.73. The van der Waals surface area contributed by atoms with Crippen molar-refractivity contribution in [2.75, 3.05) is 7.11 Å². The summed E-state index contributed by atoms with van der Waals surface area (Å²) in [4.78, 5) is 15.4. The maximum atomic E-state index is 11.2. The number of rotatable bonds is 2. The summed E-state index contributed by atoms with van der Waals surface area (Å²) < 4.78 is 5.83. The highest BCUT2D eigenvalue weighted by Gasteiger charge is 2.15. The van der Waals surface area contributed by atoms with E-state index in [9.17, 15) is 9.90 Å². The molecule has 6 nitrogen and oxygen atoms in total. The number of esters is 1. The van der Waals surface area contributed by atoms with Gasteiger partial charge in [0.25, 0.3) is 0 Å². The fraction of sp³-hybridized carbons (Fsp3) is 0.300. The minimum absolute atomic E-state index is 0.0169. The highest BCUT2D eigenvalue weighted by Crippen LogP contribution is 2.21. The monoisotopic (exact) mass is 221 g/mol. The number of ether oxygens (including phenoxy) is 1. The van der Waals surface area contributed by atoms with Crippen LogP contribution in [0.5, 0.6) is 5.88 Å². The van der Waals surface area contributed by atoms with Crippen molar-refractivity contribution < 1.29 is 14.6 Å². The van der Waals surface area contributed by atoms with Crippen molar-refractivity contribution in [1.82, 2.24) is 14.6 Å². The third-order valence-corrected chi connectivity index (χ3v) is 2.36. The Morgan fingerprint density at radius 3 is 3.06 bits per heavy atom. The molecule has 84 valence electrons. The van der Waals surface area contributed by atoms with Crippen LogP contribution >= 0.6 is 0 Å². The fourth-order valence-corrected chi connectivity index (χ4v) is 1.50. The molecule has 0 unspecified atom stereocenters. The third-order valence-electron chi connectivity index (χ3n) is 2.36. The molecule has 0 aliphatic heterocycles. The molecule has 2 rings (SSSR count). The molecular weight excluding hydrogens is 210 g/mol. The standard InChI is InChI=1S/C10H11N3O3/c1-6-7(5-9(14)16-2)10(15)13-8(12-6)3-4-11-13/h3-4,15H,5H2,1-2H3. The second-order valence-electron chi connectivity index (χ2n) is 3.35. The molecular formula is C10H11N3O3. The molecule has 2 aromatic heterocycles. The number of aromatic hydroxyl groups is 1. The summed E-state index contributed by atoms with van der Waals surface area (Å²) >= 11 is 0. The van der Waals surface area contributed by atoms with E-state index in [-0.39, 0.29) is 12.3 Å². The summed E-state index contributed by atoms with van der Waals surface area (Å²) in [5.74, 6) is -0.496. The van der Waals surface area contributed by atoms with Crippen LogP contribution < -0.4 is 0 Å². The van der Waals surface area contributed by atoms with Crippen molar-refractivity contribution in [3.8, 4) is 5.88 Å². The molecule has 2 aromatic rings. The van der Waals surface area contributed by atoms with Crippen molar-refractivity contribution in [3.05, 3.63) is 23.5 Å². The number of carbonyl (C=O) groups is 1. The summed E-state index contributed by atoms with van der Waals surface area (Å²) in [7, 11) is 1.30. The van der Waals surface area contributed by atoms with Gasteiger partial charge in [-0.15, -0.1) is 0 Å². The quantitative estimate of drug-likeness (QED) is 0.745. The highest BCUT2D eigenvalue weighted by atomic mass is 16.5. The molecule has 0 atom stereocenters. The predicted octanol–water partition coefficient (Wildman–Crippen LogP) is 0.459. The first-order chi connectivity index (χ1) is 7.63. The van der Waals surface area contributed by atoms with Crippen molar-refractivity contribution in [3.63, 3.8) is 0 Å². The van der Waals surface area contributed by atoms with Crippen LogP contribution in [0.4, 0.5) is 0 Å². The molecule has 0 aliphatic carbocycles. The Morgan fingerprint density at radius 2 is 2.38 bits per heavy atom. The predicted molar refractivity (Wildman–Crippen MR) is 55.1 cm³/mol. The molecule has 0 aromatic carbocycles. The molecule has 0 spiro atoms. The van der Waals surface area contributed by atoms with Gasteiger partial charge in [0.1, 0.15) is 0 Å². The van der Waals surface area contributed by atoms with Crippen LogP contribution in [-0.4, -0.2) is 32.8 Å². The minimum Gasteiger partial charge on any atom is -0.493 e. The van der Waals surface area contributed by atoms with E-state index in [1.807, 2.05) is 0 Å². The molecule has 2 heterocycles. The summed E-state index contributed by atoms with van der Waals surface area (Å²) in [5, 5.41) is 13.8. The van der Waals surface area contributed by atoms with E-state index in [1.165, 1.54) is 17.8 Å². The molecule has 0 aliphatic rings. The van der Waals surface area contributed by atoms with Gasteiger partial charge < -0.3 is 9.84 Å². The van der Waals surface area contributed by atoms with Crippen molar-refractivity contribution in [2.24, 2.45) is 0 Å². The molecule has 0 amide bonds. The van der Waals surface area contributed by atoms with E-state index in [2.05, 4.69) is 14.8 Å². The normalized spacial score (nSPS) is 10.6. The fourth-order valence-electron chi connectivity index (χ4n) is 1.50. The average Bonchev–Trinajstić information content (AvgIpc) is 2.71. The Bertz CT molecular complexity index is 547. The van der Waals surface area contributed by atoms with E-state index < -0.39 is 5.97 Å². The SMILES string of the molecule is COC(=O)Cc1c(C)nc2ccnn2c1O. The second kappa shape index (κ2) is 3.80. The van der Waals surface area contributed by atoms with Gasteiger partial charge in [0.05, 0.1) is 19.7 Å². The van der Waals surface area contributed by atoms with Crippen LogP contribution in [0.1, 0.15) is 11.3 Å². The average molecular weight is 221 g/mol. The Hall–Kier alpha value is -2.11.